The van der Waals surface area contributed by atoms with Gasteiger partial charge < -0.3 is 4.42 Å². The first kappa shape index (κ1) is 16.4. The molecular formula is C16H12N2O4S2. The van der Waals surface area contributed by atoms with Gasteiger partial charge in [0.25, 0.3) is 5.91 Å². The minimum Gasteiger partial charge on any atom is -0.401 e. The first-order valence-electron chi connectivity index (χ1n) is 6.96. The minimum atomic E-state index is -0.627. The van der Waals surface area contributed by atoms with Crippen molar-refractivity contribution in [1.29, 1.82) is 0 Å². The summed E-state index contributed by atoms with van der Waals surface area (Å²) >= 11 is 6.46. The van der Waals surface area contributed by atoms with Gasteiger partial charge in [0.15, 0.2) is 4.32 Å². The summed E-state index contributed by atoms with van der Waals surface area (Å²) in [7, 11) is 0. The number of benzene rings is 1. The second kappa shape index (κ2) is 6.21. The summed E-state index contributed by atoms with van der Waals surface area (Å²) in [5, 5.41) is 10.7. The predicted octanol–water partition coefficient (Wildman–Crippen LogP) is 4.21. The normalized spacial score (nSPS) is 16.2. The lowest BCUT2D eigenvalue weighted by Gasteiger charge is -2.17. The van der Waals surface area contributed by atoms with Crippen LogP contribution < -0.4 is 4.90 Å². The number of nitro groups is 1. The summed E-state index contributed by atoms with van der Waals surface area (Å²) in [6.45, 7) is 3.89. The molecule has 0 bridgehead atoms. The van der Waals surface area contributed by atoms with Crippen molar-refractivity contribution >= 4 is 51.9 Å². The lowest BCUT2D eigenvalue weighted by Crippen LogP contribution is -2.28. The van der Waals surface area contributed by atoms with E-state index in [0.29, 0.717) is 9.23 Å². The van der Waals surface area contributed by atoms with Crippen LogP contribution in [0.3, 0.4) is 0 Å². The van der Waals surface area contributed by atoms with Crippen LogP contribution in [-0.4, -0.2) is 15.2 Å². The number of aryl methyl sites for hydroxylation is 2. The van der Waals surface area contributed by atoms with Crippen molar-refractivity contribution in [2.45, 2.75) is 13.8 Å². The molecule has 1 aromatic heterocycles. The molecule has 2 aromatic rings. The molecule has 8 heteroatoms. The van der Waals surface area contributed by atoms with Crippen LogP contribution in [-0.2, 0) is 4.79 Å². The van der Waals surface area contributed by atoms with Crippen molar-refractivity contribution < 1.29 is 14.1 Å². The molecule has 1 saturated heterocycles. The van der Waals surface area contributed by atoms with E-state index < -0.39 is 4.92 Å². The van der Waals surface area contributed by atoms with E-state index in [9.17, 15) is 14.9 Å². The number of hydrogen-bond donors (Lipinski definition) is 0. The highest BCUT2D eigenvalue weighted by Gasteiger charge is 2.34. The van der Waals surface area contributed by atoms with E-state index in [1.165, 1.54) is 23.1 Å². The highest BCUT2D eigenvalue weighted by Crippen LogP contribution is 2.37. The smallest absolute Gasteiger partial charge is 0.401 e. The van der Waals surface area contributed by atoms with Crippen LogP contribution in [0.2, 0.25) is 0 Å². The summed E-state index contributed by atoms with van der Waals surface area (Å²) in [6.07, 6.45) is 1.47. The van der Waals surface area contributed by atoms with Crippen molar-refractivity contribution in [3.8, 4) is 0 Å². The van der Waals surface area contributed by atoms with Gasteiger partial charge in [-0.3, -0.25) is 19.8 Å². The molecule has 1 aliphatic heterocycles. The number of furan rings is 1. The van der Waals surface area contributed by atoms with Gasteiger partial charge in [-0.25, -0.2) is 0 Å². The Balaban J connectivity index is 1.93. The number of thiocarbonyl (C=S) groups is 1. The van der Waals surface area contributed by atoms with Crippen molar-refractivity contribution in [2.75, 3.05) is 4.90 Å². The van der Waals surface area contributed by atoms with Gasteiger partial charge in [0.1, 0.15) is 10.7 Å². The van der Waals surface area contributed by atoms with Gasteiger partial charge in [-0.05, 0) is 31.5 Å². The van der Waals surface area contributed by atoms with Gasteiger partial charge >= 0.3 is 5.88 Å². The van der Waals surface area contributed by atoms with Crippen molar-refractivity contribution in [3.05, 3.63) is 62.2 Å². The number of carbonyl (C=O) groups excluding carboxylic acids is 1. The number of amides is 1. The van der Waals surface area contributed by atoms with Crippen LogP contribution >= 0.6 is 24.0 Å². The Labute approximate surface area is 147 Å². The first-order valence-corrected chi connectivity index (χ1v) is 8.19. The molecule has 3 rings (SSSR count). The Bertz CT molecular complexity index is 901. The molecule has 0 spiro atoms. The number of rotatable bonds is 3. The summed E-state index contributed by atoms with van der Waals surface area (Å²) in [6, 6.07) is 8.45. The molecule has 1 aliphatic rings. The van der Waals surface area contributed by atoms with Crippen LogP contribution in [0.4, 0.5) is 11.6 Å². The van der Waals surface area contributed by atoms with E-state index in [0.717, 1.165) is 28.6 Å². The molecular weight excluding hydrogens is 348 g/mol. The van der Waals surface area contributed by atoms with E-state index in [-0.39, 0.29) is 17.6 Å². The maximum absolute atomic E-state index is 12.7. The number of nitrogens with zero attached hydrogens (tertiary/aromatic N) is 2. The van der Waals surface area contributed by atoms with Crippen LogP contribution in [0, 0.1) is 24.0 Å². The maximum Gasteiger partial charge on any atom is 0.433 e. The molecule has 1 fully saturated rings. The summed E-state index contributed by atoms with van der Waals surface area (Å²) in [5.74, 6) is -0.398. The third-order valence-corrected chi connectivity index (χ3v) is 4.75. The van der Waals surface area contributed by atoms with E-state index in [1.807, 2.05) is 32.0 Å². The van der Waals surface area contributed by atoms with Crippen LogP contribution in [0.15, 0.2) is 39.7 Å². The van der Waals surface area contributed by atoms with Crippen LogP contribution in [0.1, 0.15) is 16.9 Å². The molecule has 1 amide bonds. The summed E-state index contributed by atoms with van der Waals surface area (Å²) in [4.78, 5) is 24.5. The van der Waals surface area contributed by atoms with E-state index >= 15 is 0 Å². The average molecular weight is 360 g/mol. The number of anilines is 1. The first-order chi connectivity index (χ1) is 11.4. The zero-order chi connectivity index (χ0) is 17.4. The Morgan fingerprint density at radius 2 is 2.04 bits per heavy atom. The molecule has 0 radical (unpaired) electrons. The second-order valence-electron chi connectivity index (χ2n) is 5.24. The molecule has 122 valence electrons. The maximum atomic E-state index is 12.7. The molecule has 6 nitrogen and oxygen atoms in total. The topological polar surface area (TPSA) is 76.6 Å². The third kappa shape index (κ3) is 2.98. The zero-order valence-electron chi connectivity index (χ0n) is 12.8. The molecule has 0 saturated carbocycles. The number of carbonyl (C=O) groups is 1. The zero-order valence-corrected chi connectivity index (χ0v) is 14.4. The molecule has 24 heavy (non-hydrogen) atoms. The average Bonchev–Trinajstić information content (AvgIpc) is 3.07. The molecule has 0 aliphatic carbocycles. The van der Waals surface area contributed by atoms with Crippen molar-refractivity contribution in [2.24, 2.45) is 0 Å². The third-order valence-electron chi connectivity index (χ3n) is 3.45. The molecule has 0 unspecified atom stereocenters. The Morgan fingerprint density at radius 3 is 2.67 bits per heavy atom. The fraction of sp³-hybridized carbons (Fsp3) is 0.125. The molecule has 2 heterocycles. The van der Waals surface area contributed by atoms with Crippen molar-refractivity contribution in [1.82, 2.24) is 0 Å². The molecule has 0 atom stereocenters. The fourth-order valence-corrected chi connectivity index (χ4v) is 3.64. The monoisotopic (exact) mass is 360 g/mol. The molecule has 0 N–H and O–H groups in total. The van der Waals surface area contributed by atoms with Crippen LogP contribution in [0.25, 0.3) is 6.08 Å². The molecule has 1 aromatic carbocycles. The lowest BCUT2D eigenvalue weighted by atomic mass is 10.1. The van der Waals surface area contributed by atoms with E-state index in [2.05, 4.69) is 0 Å². The fourth-order valence-electron chi connectivity index (χ4n) is 2.38. The van der Waals surface area contributed by atoms with E-state index in [1.54, 1.807) is 0 Å². The quantitative estimate of drug-likeness (QED) is 0.353. The second-order valence-corrected chi connectivity index (χ2v) is 6.92. The SMILES string of the molecule is Cc1ccc(N2C(=O)C(=Cc3ccc([N+](=O)[O-])o3)SC2=S)c(C)c1. The lowest BCUT2D eigenvalue weighted by molar-refractivity contribution is -0.402. The largest absolute Gasteiger partial charge is 0.433 e. The predicted molar refractivity (Wildman–Crippen MR) is 96.9 cm³/mol. The highest BCUT2D eigenvalue weighted by molar-refractivity contribution is 8.27. The minimum absolute atomic E-state index is 0.239. The van der Waals surface area contributed by atoms with Gasteiger partial charge in [-0.15, -0.1) is 0 Å². The van der Waals surface area contributed by atoms with E-state index in [4.69, 9.17) is 16.6 Å². The Hall–Kier alpha value is -2.45. The van der Waals surface area contributed by atoms with Gasteiger partial charge in [0.05, 0.1) is 16.7 Å². The highest BCUT2D eigenvalue weighted by atomic mass is 32.2. The number of thioether (sulfide) groups is 1. The standard InChI is InChI=1S/C16H12N2O4S2/c1-9-3-5-12(10(2)7-9)17-15(19)13(24-16(17)23)8-11-4-6-14(22-11)18(20)21/h3-8H,1-2H3. The number of hydrogen-bond acceptors (Lipinski definition) is 6. The summed E-state index contributed by atoms with van der Waals surface area (Å²) in [5.41, 5.74) is 2.78. The van der Waals surface area contributed by atoms with Crippen LogP contribution in [0.5, 0.6) is 0 Å². The van der Waals surface area contributed by atoms with Gasteiger partial charge in [-0.2, -0.15) is 0 Å². The van der Waals surface area contributed by atoms with Gasteiger partial charge in [0, 0.05) is 6.08 Å². The van der Waals surface area contributed by atoms with Crippen molar-refractivity contribution in [3.63, 3.8) is 0 Å². The Morgan fingerprint density at radius 1 is 1.29 bits per heavy atom. The van der Waals surface area contributed by atoms with Gasteiger partial charge in [0.2, 0.25) is 0 Å². The Kier molecular flexibility index (Phi) is 4.25. The van der Waals surface area contributed by atoms with Gasteiger partial charge in [-0.1, -0.05) is 41.7 Å². The summed E-state index contributed by atoms with van der Waals surface area (Å²) < 4.78 is 5.48.